The van der Waals surface area contributed by atoms with Gasteiger partial charge in [0.1, 0.15) is 0 Å². The lowest BCUT2D eigenvalue weighted by Crippen LogP contribution is -2.35. The largest absolute Gasteiger partial charge is 0.392 e. The number of amides is 1. The maximum absolute atomic E-state index is 12.1. The van der Waals surface area contributed by atoms with Crippen molar-refractivity contribution in [1.29, 1.82) is 0 Å². The molecule has 0 saturated carbocycles. The van der Waals surface area contributed by atoms with Crippen LogP contribution < -0.4 is 10.6 Å². The average molecular weight is 329 g/mol. The lowest BCUT2D eigenvalue weighted by molar-refractivity contribution is -0.117. The molecular formula is C13H17BrN2O3. The second-order valence-corrected chi connectivity index (χ2v) is 5.39. The first kappa shape index (κ1) is 14.5. The number of methoxy groups -OCH3 is 1. The Bertz CT molecular complexity index is 467. The molecule has 0 spiro atoms. The summed E-state index contributed by atoms with van der Waals surface area (Å²) in [6.07, 6.45) is -0.00360. The molecule has 19 heavy (non-hydrogen) atoms. The minimum absolute atomic E-state index is 0.132. The maximum Gasteiger partial charge on any atom is 0.241 e. The van der Waals surface area contributed by atoms with E-state index in [2.05, 4.69) is 26.6 Å². The highest BCUT2D eigenvalue weighted by Crippen LogP contribution is 2.26. The van der Waals surface area contributed by atoms with Crippen molar-refractivity contribution in [2.75, 3.05) is 19.0 Å². The van der Waals surface area contributed by atoms with Gasteiger partial charge in [0, 0.05) is 29.4 Å². The summed E-state index contributed by atoms with van der Waals surface area (Å²) < 4.78 is 6.03. The SMILES string of the molecule is COCc1c(Br)cccc1NC(=O)C1CC(O)CN1. The van der Waals surface area contributed by atoms with E-state index in [1.807, 2.05) is 18.2 Å². The molecule has 1 amide bonds. The summed E-state index contributed by atoms with van der Waals surface area (Å²) in [6.45, 7) is 0.874. The monoisotopic (exact) mass is 328 g/mol. The molecule has 0 bridgehead atoms. The first-order valence-corrected chi connectivity index (χ1v) is 6.89. The van der Waals surface area contributed by atoms with Crippen LogP contribution in [0.5, 0.6) is 0 Å². The smallest absolute Gasteiger partial charge is 0.241 e. The normalized spacial score (nSPS) is 22.5. The molecule has 2 unspecified atom stereocenters. The minimum Gasteiger partial charge on any atom is -0.392 e. The number of anilines is 1. The number of halogens is 1. The fourth-order valence-electron chi connectivity index (χ4n) is 2.10. The number of hydrogen-bond acceptors (Lipinski definition) is 4. The molecule has 3 N–H and O–H groups in total. The quantitative estimate of drug-likeness (QED) is 0.778. The first-order chi connectivity index (χ1) is 9.11. The summed E-state index contributed by atoms with van der Waals surface area (Å²) in [6, 6.07) is 5.25. The Hall–Kier alpha value is -0.950. The predicted octanol–water partition coefficient (Wildman–Crippen LogP) is 1.26. The van der Waals surface area contributed by atoms with Gasteiger partial charge < -0.3 is 20.5 Å². The first-order valence-electron chi connectivity index (χ1n) is 6.10. The third kappa shape index (κ3) is 3.54. The van der Waals surface area contributed by atoms with E-state index in [4.69, 9.17) is 4.74 Å². The van der Waals surface area contributed by atoms with Gasteiger partial charge in [-0.2, -0.15) is 0 Å². The Morgan fingerprint density at radius 2 is 2.42 bits per heavy atom. The van der Waals surface area contributed by atoms with Gasteiger partial charge in [0.05, 0.1) is 18.8 Å². The molecule has 0 aromatic heterocycles. The van der Waals surface area contributed by atoms with Crippen molar-refractivity contribution in [3.63, 3.8) is 0 Å². The number of benzene rings is 1. The van der Waals surface area contributed by atoms with Gasteiger partial charge in [-0.25, -0.2) is 0 Å². The van der Waals surface area contributed by atoms with Crippen LogP contribution >= 0.6 is 15.9 Å². The zero-order valence-electron chi connectivity index (χ0n) is 10.6. The van der Waals surface area contributed by atoms with Crippen LogP contribution in [0, 0.1) is 0 Å². The van der Waals surface area contributed by atoms with E-state index in [1.165, 1.54) is 0 Å². The van der Waals surface area contributed by atoms with Crippen LogP contribution in [-0.2, 0) is 16.1 Å². The van der Waals surface area contributed by atoms with Crippen LogP contribution in [0.3, 0.4) is 0 Å². The van der Waals surface area contributed by atoms with Crippen molar-refractivity contribution in [2.45, 2.75) is 25.2 Å². The lowest BCUT2D eigenvalue weighted by Gasteiger charge is -2.15. The summed E-state index contributed by atoms with van der Waals surface area (Å²) in [5, 5.41) is 15.3. The van der Waals surface area contributed by atoms with Gasteiger partial charge in [0.15, 0.2) is 0 Å². The van der Waals surface area contributed by atoms with Crippen LogP contribution in [0.1, 0.15) is 12.0 Å². The molecule has 1 aromatic rings. The lowest BCUT2D eigenvalue weighted by atomic mass is 10.1. The number of aliphatic hydroxyl groups excluding tert-OH is 1. The zero-order valence-corrected chi connectivity index (χ0v) is 12.2. The molecule has 1 aliphatic heterocycles. The molecule has 5 nitrogen and oxygen atoms in total. The summed E-state index contributed by atoms with van der Waals surface area (Å²) in [4.78, 5) is 12.1. The Kier molecular flexibility index (Phi) is 4.93. The van der Waals surface area contributed by atoms with Crippen molar-refractivity contribution >= 4 is 27.5 Å². The number of rotatable bonds is 4. The second-order valence-electron chi connectivity index (χ2n) is 4.54. The predicted molar refractivity (Wildman–Crippen MR) is 75.9 cm³/mol. The van der Waals surface area contributed by atoms with Gasteiger partial charge in [-0.1, -0.05) is 22.0 Å². The van der Waals surface area contributed by atoms with Crippen LogP contribution in [0.4, 0.5) is 5.69 Å². The fraction of sp³-hybridized carbons (Fsp3) is 0.462. The van der Waals surface area contributed by atoms with Crippen molar-refractivity contribution in [1.82, 2.24) is 5.32 Å². The molecule has 1 heterocycles. The highest BCUT2D eigenvalue weighted by atomic mass is 79.9. The van der Waals surface area contributed by atoms with Crippen molar-refractivity contribution in [3.05, 3.63) is 28.2 Å². The Morgan fingerprint density at radius 3 is 3.05 bits per heavy atom. The zero-order chi connectivity index (χ0) is 13.8. The van der Waals surface area contributed by atoms with Crippen molar-refractivity contribution in [3.8, 4) is 0 Å². The van der Waals surface area contributed by atoms with Gasteiger partial charge in [0.25, 0.3) is 0 Å². The summed E-state index contributed by atoms with van der Waals surface area (Å²) in [5.41, 5.74) is 1.63. The molecule has 0 aliphatic carbocycles. The highest BCUT2D eigenvalue weighted by molar-refractivity contribution is 9.10. The number of carbonyl (C=O) groups is 1. The van der Waals surface area contributed by atoms with Crippen LogP contribution in [0.2, 0.25) is 0 Å². The second kappa shape index (κ2) is 6.47. The molecule has 1 saturated heterocycles. The Balaban J connectivity index is 2.10. The maximum atomic E-state index is 12.1. The Morgan fingerprint density at radius 1 is 1.63 bits per heavy atom. The van der Waals surface area contributed by atoms with E-state index in [0.29, 0.717) is 19.6 Å². The molecule has 1 fully saturated rings. The standard InChI is InChI=1S/C13H17BrN2O3/c1-19-7-9-10(14)3-2-4-11(9)16-13(18)12-5-8(17)6-15-12/h2-4,8,12,15,17H,5-7H2,1H3,(H,16,18). The van der Waals surface area contributed by atoms with Crippen molar-refractivity contribution in [2.24, 2.45) is 0 Å². The number of nitrogens with one attached hydrogen (secondary N) is 2. The van der Waals surface area contributed by atoms with E-state index in [9.17, 15) is 9.90 Å². The summed E-state index contributed by atoms with van der Waals surface area (Å²) in [5.74, 6) is -0.132. The van der Waals surface area contributed by atoms with Gasteiger partial charge in [0.2, 0.25) is 5.91 Å². The third-order valence-corrected chi connectivity index (χ3v) is 3.83. The fourth-order valence-corrected chi connectivity index (χ4v) is 2.58. The summed E-state index contributed by atoms with van der Waals surface area (Å²) in [7, 11) is 1.61. The van der Waals surface area contributed by atoms with E-state index in [1.54, 1.807) is 7.11 Å². The average Bonchev–Trinajstić information content (AvgIpc) is 2.80. The molecular weight excluding hydrogens is 312 g/mol. The number of hydrogen-bond donors (Lipinski definition) is 3. The van der Waals surface area contributed by atoms with Crippen LogP contribution in [-0.4, -0.2) is 36.8 Å². The van der Waals surface area contributed by atoms with Gasteiger partial charge >= 0.3 is 0 Å². The number of β-amino-alcohol motifs (C(OH)–C–C–N with tert-alkyl or cyclic N) is 1. The van der Waals surface area contributed by atoms with Gasteiger partial charge in [-0.3, -0.25) is 4.79 Å². The summed E-state index contributed by atoms with van der Waals surface area (Å²) >= 11 is 3.44. The Labute approximate surface area is 120 Å². The van der Waals surface area contributed by atoms with Gasteiger partial charge in [-0.15, -0.1) is 0 Å². The molecule has 0 radical (unpaired) electrons. The van der Waals surface area contributed by atoms with E-state index in [-0.39, 0.29) is 11.9 Å². The molecule has 6 heteroatoms. The number of aliphatic hydroxyl groups is 1. The molecule has 1 aromatic carbocycles. The van der Waals surface area contributed by atoms with E-state index >= 15 is 0 Å². The van der Waals surface area contributed by atoms with E-state index in [0.717, 1.165) is 15.7 Å². The van der Waals surface area contributed by atoms with E-state index < -0.39 is 6.10 Å². The van der Waals surface area contributed by atoms with Crippen LogP contribution in [0.25, 0.3) is 0 Å². The van der Waals surface area contributed by atoms with Crippen LogP contribution in [0.15, 0.2) is 22.7 Å². The number of ether oxygens (including phenoxy) is 1. The highest BCUT2D eigenvalue weighted by Gasteiger charge is 2.28. The molecule has 1 aliphatic rings. The van der Waals surface area contributed by atoms with Gasteiger partial charge in [-0.05, 0) is 18.6 Å². The molecule has 2 rings (SSSR count). The topological polar surface area (TPSA) is 70.6 Å². The molecule has 104 valence electrons. The third-order valence-electron chi connectivity index (χ3n) is 3.09. The van der Waals surface area contributed by atoms with Crippen molar-refractivity contribution < 1.29 is 14.6 Å². The number of carbonyl (C=O) groups excluding carboxylic acids is 1. The minimum atomic E-state index is -0.447. The molecule has 2 atom stereocenters.